The van der Waals surface area contributed by atoms with E-state index in [0.717, 1.165) is 17.9 Å². The van der Waals surface area contributed by atoms with Crippen LogP contribution >= 0.6 is 34.4 Å². The molecule has 0 amide bonds. The number of methoxy groups -OCH3 is 2. The number of alkyl halides is 1. The minimum atomic E-state index is 0.125. The number of fused-ring (bicyclic) bond motifs is 1. The van der Waals surface area contributed by atoms with Crippen molar-refractivity contribution >= 4 is 34.4 Å². The fraction of sp³-hybridized carbons (Fsp3) is 0.538. The number of rotatable bonds is 11. The molecule has 3 rings (SSSR count). The normalized spacial score (nSPS) is 20.6. The van der Waals surface area contributed by atoms with Gasteiger partial charge in [-0.3, -0.25) is 0 Å². The number of benzene rings is 2. The van der Waals surface area contributed by atoms with Crippen LogP contribution in [0.2, 0.25) is 0 Å². The van der Waals surface area contributed by atoms with Crippen LogP contribution < -0.4 is 9.47 Å². The Morgan fingerprint density at radius 2 is 1.53 bits per heavy atom. The molecule has 2 nitrogen and oxygen atoms in total. The van der Waals surface area contributed by atoms with Gasteiger partial charge in [-0.1, -0.05) is 79.8 Å². The van der Waals surface area contributed by atoms with E-state index in [2.05, 4.69) is 83.7 Å². The summed E-state index contributed by atoms with van der Waals surface area (Å²) in [4.78, 5) is 1.40. The van der Waals surface area contributed by atoms with Gasteiger partial charge in [-0.15, -0.1) is 11.8 Å². The maximum absolute atomic E-state index is 5.50. The van der Waals surface area contributed by atoms with Gasteiger partial charge in [0.25, 0.3) is 0 Å². The van der Waals surface area contributed by atoms with Crippen LogP contribution in [0.5, 0.6) is 11.5 Å². The molecule has 0 aromatic heterocycles. The largest absolute Gasteiger partial charge is 0.497 e. The van der Waals surface area contributed by atoms with Crippen LogP contribution in [0.1, 0.15) is 63.0 Å². The standard InChI is InChI=1S/C26H35IO2S/c1-26(21-12-15-22(28-2)16-13-21)19-20-11-14-23(29-3)18-24(20)30-25(26)10-8-6-4-5-7-9-17-27/h11-16,18,25H,4-10,17,19H2,1-3H3. The van der Waals surface area contributed by atoms with E-state index in [1.807, 2.05) is 0 Å². The third kappa shape index (κ3) is 5.87. The van der Waals surface area contributed by atoms with Crippen LogP contribution in [-0.2, 0) is 11.8 Å². The van der Waals surface area contributed by atoms with Gasteiger partial charge in [0.05, 0.1) is 14.2 Å². The molecule has 1 aliphatic heterocycles. The van der Waals surface area contributed by atoms with E-state index >= 15 is 0 Å². The van der Waals surface area contributed by atoms with Gasteiger partial charge >= 0.3 is 0 Å². The highest BCUT2D eigenvalue weighted by molar-refractivity contribution is 14.1. The molecule has 0 radical (unpaired) electrons. The Morgan fingerprint density at radius 1 is 0.900 bits per heavy atom. The number of unbranched alkanes of at least 4 members (excludes halogenated alkanes) is 5. The lowest BCUT2D eigenvalue weighted by Crippen LogP contribution is -2.39. The Morgan fingerprint density at radius 3 is 2.20 bits per heavy atom. The van der Waals surface area contributed by atoms with E-state index in [-0.39, 0.29) is 5.41 Å². The predicted molar refractivity (Wildman–Crippen MR) is 138 cm³/mol. The summed E-state index contributed by atoms with van der Waals surface area (Å²) in [5.41, 5.74) is 2.98. The summed E-state index contributed by atoms with van der Waals surface area (Å²) in [5.74, 6) is 1.89. The van der Waals surface area contributed by atoms with E-state index in [0.29, 0.717) is 5.25 Å². The van der Waals surface area contributed by atoms with Gasteiger partial charge < -0.3 is 9.47 Å². The zero-order valence-electron chi connectivity index (χ0n) is 18.6. The summed E-state index contributed by atoms with van der Waals surface area (Å²) in [7, 11) is 3.49. The molecule has 1 heterocycles. The van der Waals surface area contributed by atoms with Crippen molar-refractivity contribution in [1.82, 2.24) is 0 Å². The Labute approximate surface area is 200 Å². The smallest absolute Gasteiger partial charge is 0.119 e. The molecular weight excluding hydrogens is 503 g/mol. The fourth-order valence-corrected chi connectivity index (χ4v) is 6.56. The van der Waals surface area contributed by atoms with Crippen molar-refractivity contribution in [2.45, 2.75) is 73.9 Å². The molecule has 0 fully saturated rings. The minimum absolute atomic E-state index is 0.125. The molecule has 30 heavy (non-hydrogen) atoms. The number of thioether (sulfide) groups is 1. The zero-order chi connectivity index (χ0) is 21.4. The first kappa shape index (κ1) is 23.8. The molecule has 2 aromatic carbocycles. The summed E-state index contributed by atoms with van der Waals surface area (Å²) < 4.78 is 12.2. The monoisotopic (exact) mass is 538 g/mol. The zero-order valence-corrected chi connectivity index (χ0v) is 21.6. The van der Waals surface area contributed by atoms with Crippen LogP contribution in [-0.4, -0.2) is 23.9 Å². The van der Waals surface area contributed by atoms with Gasteiger partial charge in [-0.05, 0) is 59.1 Å². The number of hydrogen-bond acceptors (Lipinski definition) is 3. The highest BCUT2D eigenvalue weighted by Gasteiger charge is 2.40. The molecule has 0 saturated carbocycles. The predicted octanol–water partition coefficient (Wildman–Crippen LogP) is 7.84. The molecule has 0 saturated heterocycles. The second kappa shape index (κ2) is 11.7. The van der Waals surface area contributed by atoms with Crippen LogP contribution in [0.3, 0.4) is 0 Å². The summed E-state index contributed by atoms with van der Waals surface area (Å²) >= 11 is 4.54. The van der Waals surface area contributed by atoms with Gasteiger partial charge in [0.1, 0.15) is 11.5 Å². The summed E-state index contributed by atoms with van der Waals surface area (Å²) in [6.45, 7) is 2.46. The first-order chi connectivity index (χ1) is 14.6. The minimum Gasteiger partial charge on any atom is -0.497 e. The molecule has 2 aromatic rings. The van der Waals surface area contributed by atoms with E-state index in [1.54, 1.807) is 14.2 Å². The molecule has 0 spiro atoms. The van der Waals surface area contributed by atoms with E-state index in [1.165, 1.54) is 65.4 Å². The Bertz CT molecular complexity index is 792. The summed E-state index contributed by atoms with van der Waals surface area (Å²) in [5, 5.41) is 0.569. The average Bonchev–Trinajstić information content (AvgIpc) is 2.78. The lowest BCUT2D eigenvalue weighted by Gasteiger charge is -2.42. The summed E-state index contributed by atoms with van der Waals surface area (Å²) in [6.07, 6.45) is 10.5. The second-order valence-corrected chi connectivity index (χ2v) is 10.8. The topological polar surface area (TPSA) is 18.5 Å². The Kier molecular flexibility index (Phi) is 9.24. The van der Waals surface area contributed by atoms with E-state index in [4.69, 9.17) is 9.47 Å². The molecule has 0 bridgehead atoms. The lowest BCUT2D eigenvalue weighted by atomic mass is 9.72. The van der Waals surface area contributed by atoms with Crippen molar-refractivity contribution in [3.8, 4) is 11.5 Å². The molecule has 164 valence electrons. The molecule has 2 atom stereocenters. The van der Waals surface area contributed by atoms with Gasteiger partial charge in [-0.25, -0.2) is 0 Å². The SMILES string of the molecule is COc1ccc(C2(C)Cc3ccc(OC)cc3SC2CCCCCCCCI)cc1. The number of ether oxygens (including phenoxy) is 2. The van der Waals surface area contributed by atoms with Gasteiger partial charge in [0.15, 0.2) is 0 Å². The Hall–Kier alpha value is -0.880. The highest BCUT2D eigenvalue weighted by Crippen LogP contribution is 2.50. The van der Waals surface area contributed by atoms with Crippen molar-refractivity contribution in [1.29, 1.82) is 0 Å². The van der Waals surface area contributed by atoms with Crippen LogP contribution in [0.4, 0.5) is 0 Å². The lowest BCUT2D eigenvalue weighted by molar-refractivity contribution is 0.398. The maximum Gasteiger partial charge on any atom is 0.119 e. The number of halogens is 1. The van der Waals surface area contributed by atoms with Crippen LogP contribution in [0.25, 0.3) is 0 Å². The quantitative estimate of drug-likeness (QED) is 0.165. The third-order valence-corrected chi connectivity index (χ3v) is 8.85. The number of hydrogen-bond donors (Lipinski definition) is 0. The van der Waals surface area contributed by atoms with Gasteiger partial charge in [0, 0.05) is 15.6 Å². The molecule has 0 aliphatic carbocycles. The van der Waals surface area contributed by atoms with Crippen molar-refractivity contribution in [3.63, 3.8) is 0 Å². The van der Waals surface area contributed by atoms with E-state index in [9.17, 15) is 0 Å². The maximum atomic E-state index is 5.50. The van der Waals surface area contributed by atoms with Crippen molar-refractivity contribution in [3.05, 3.63) is 53.6 Å². The van der Waals surface area contributed by atoms with Crippen molar-refractivity contribution in [2.24, 2.45) is 0 Å². The molecule has 2 unspecified atom stereocenters. The Balaban J connectivity index is 1.75. The van der Waals surface area contributed by atoms with Crippen LogP contribution in [0, 0.1) is 0 Å². The summed E-state index contributed by atoms with van der Waals surface area (Å²) in [6, 6.07) is 15.3. The van der Waals surface area contributed by atoms with Gasteiger partial charge in [0.2, 0.25) is 0 Å². The molecule has 1 aliphatic rings. The molecular formula is C26H35IO2S. The average molecular weight is 539 g/mol. The molecule has 0 N–H and O–H groups in total. The van der Waals surface area contributed by atoms with Gasteiger partial charge in [-0.2, -0.15) is 0 Å². The van der Waals surface area contributed by atoms with E-state index < -0.39 is 0 Å². The van der Waals surface area contributed by atoms with Crippen molar-refractivity contribution < 1.29 is 9.47 Å². The molecule has 4 heteroatoms. The first-order valence-electron chi connectivity index (χ1n) is 11.1. The third-order valence-electron chi connectivity index (χ3n) is 6.41. The second-order valence-electron chi connectivity index (χ2n) is 8.50. The van der Waals surface area contributed by atoms with Crippen LogP contribution in [0.15, 0.2) is 47.4 Å². The highest BCUT2D eigenvalue weighted by atomic mass is 127. The first-order valence-corrected chi connectivity index (χ1v) is 13.6. The fourth-order valence-electron chi connectivity index (χ4n) is 4.48. The van der Waals surface area contributed by atoms with Crippen molar-refractivity contribution in [2.75, 3.05) is 18.6 Å².